The van der Waals surface area contributed by atoms with Gasteiger partial charge >= 0.3 is 6.16 Å². The molecule has 0 saturated heterocycles. The molecule has 0 aliphatic rings. The van der Waals surface area contributed by atoms with Crippen LogP contribution in [0.5, 0.6) is 17.2 Å². The number of rotatable bonds is 8. The van der Waals surface area contributed by atoms with E-state index < -0.39 is 6.16 Å². The van der Waals surface area contributed by atoms with Crippen molar-refractivity contribution in [3.05, 3.63) is 48.5 Å². The van der Waals surface area contributed by atoms with Gasteiger partial charge in [0.2, 0.25) is 0 Å². The second-order valence-corrected chi connectivity index (χ2v) is 5.13. The molecular weight excluding hydrogens is 322 g/mol. The summed E-state index contributed by atoms with van der Waals surface area (Å²) in [4.78, 5) is 13.8. The number of para-hydroxylation sites is 1. The first kappa shape index (κ1) is 18.4. The van der Waals surface area contributed by atoms with E-state index in [1.54, 1.807) is 38.5 Å². The highest BCUT2D eigenvalue weighted by Gasteiger charge is 2.13. The van der Waals surface area contributed by atoms with Crippen molar-refractivity contribution in [1.82, 2.24) is 0 Å². The van der Waals surface area contributed by atoms with Crippen LogP contribution in [0.4, 0.5) is 10.5 Å². The molecule has 2 aromatic rings. The highest BCUT2D eigenvalue weighted by molar-refractivity contribution is 5.64. The van der Waals surface area contributed by atoms with Gasteiger partial charge in [-0.15, -0.1) is 0 Å². The molecule has 0 radical (unpaired) electrons. The first-order chi connectivity index (χ1) is 12.2. The highest BCUT2D eigenvalue weighted by atomic mass is 16.7. The molecule has 0 aromatic heterocycles. The normalized spacial score (nSPS) is 10.0. The largest absolute Gasteiger partial charge is 0.513 e. The fraction of sp³-hybridized carbons (Fsp3) is 0.316. The van der Waals surface area contributed by atoms with E-state index in [4.69, 9.17) is 18.9 Å². The van der Waals surface area contributed by atoms with Crippen molar-refractivity contribution in [3.63, 3.8) is 0 Å². The first-order valence-corrected chi connectivity index (χ1v) is 8.04. The SMILES string of the molecule is CCN(CCOC(=O)Oc1ccccc1)c1cc(OC)ccc1OC. The Hall–Kier alpha value is -2.89. The Morgan fingerprint density at radius 1 is 1.00 bits per heavy atom. The Labute approximate surface area is 147 Å². The van der Waals surface area contributed by atoms with E-state index in [1.165, 1.54) is 0 Å². The minimum absolute atomic E-state index is 0.194. The molecular formula is C19H23NO5. The van der Waals surface area contributed by atoms with Crippen molar-refractivity contribution in [1.29, 1.82) is 0 Å². The number of hydrogen-bond donors (Lipinski definition) is 0. The predicted molar refractivity (Wildman–Crippen MR) is 95.9 cm³/mol. The minimum Gasteiger partial charge on any atom is -0.497 e. The molecule has 2 aromatic carbocycles. The molecule has 0 atom stereocenters. The summed E-state index contributed by atoms with van der Waals surface area (Å²) >= 11 is 0. The summed E-state index contributed by atoms with van der Waals surface area (Å²) in [6.07, 6.45) is -0.722. The maximum atomic E-state index is 11.7. The fourth-order valence-electron chi connectivity index (χ4n) is 2.35. The summed E-state index contributed by atoms with van der Waals surface area (Å²) < 4.78 is 20.9. The van der Waals surface area contributed by atoms with Gasteiger partial charge in [-0.1, -0.05) is 18.2 Å². The zero-order valence-electron chi connectivity index (χ0n) is 14.7. The maximum absolute atomic E-state index is 11.7. The lowest BCUT2D eigenvalue weighted by atomic mass is 10.2. The summed E-state index contributed by atoms with van der Waals surface area (Å²) in [6, 6.07) is 14.4. The number of nitrogens with zero attached hydrogens (tertiary/aromatic N) is 1. The number of anilines is 1. The van der Waals surface area contributed by atoms with Crippen molar-refractivity contribution in [2.45, 2.75) is 6.92 Å². The first-order valence-electron chi connectivity index (χ1n) is 8.04. The topological polar surface area (TPSA) is 57.2 Å². The molecule has 134 valence electrons. The molecule has 0 unspecified atom stereocenters. The summed E-state index contributed by atoms with van der Waals surface area (Å²) in [5.74, 6) is 1.92. The van der Waals surface area contributed by atoms with Gasteiger partial charge in [-0.25, -0.2) is 4.79 Å². The monoisotopic (exact) mass is 345 g/mol. The molecule has 0 bridgehead atoms. The molecule has 0 heterocycles. The third-order valence-electron chi connectivity index (χ3n) is 3.63. The van der Waals surface area contributed by atoms with Gasteiger partial charge in [0.25, 0.3) is 0 Å². The Kier molecular flexibility index (Phi) is 6.95. The van der Waals surface area contributed by atoms with E-state index >= 15 is 0 Å². The molecule has 0 amide bonds. The lowest BCUT2D eigenvalue weighted by Gasteiger charge is -2.25. The number of hydrogen-bond acceptors (Lipinski definition) is 6. The summed E-state index contributed by atoms with van der Waals surface area (Å²) in [7, 11) is 3.23. The second-order valence-electron chi connectivity index (χ2n) is 5.13. The van der Waals surface area contributed by atoms with Crippen LogP contribution >= 0.6 is 0 Å². The number of methoxy groups -OCH3 is 2. The van der Waals surface area contributed by atoms with Crippen molar-refractivity contribution >= 4 is 11.8 Å². The van der Waals surface area contributed by atoms with Crippen LogP contribution in [0.25, 0.3) is 0 Å². The minimum atomic E-state index is -0.722. The standard InChI is InChI=1S/C19H23NO5/c1-4-20(17-14-16(22-2)10-11-18(17)23-3)12-13-24-19(21)25-15-8-6-5-7-9-15/h5-11,14H,4,12-13H2,1-3H3. The lowest BCUT2D eigenvalue weighted by Crippen LogP contribution is -2.29. The van der Waals surface area contributed by atoms with Gasteiger partial charge in [-0.2, -0.15) is 0 Å². The molecule has 6 heteroatoms. The highest BCUT2D eigenvalue weighted by Crippen LogP contribution is 2.32. The van der Waals surface area contributed by atoms with Crippen LogP contribution in [0.2, 0.25) is 0 Å². The van der Waals surface area contributed by atoms with E-state index in [2.05, 4.69) is 0 Å². The number of likely N-dealkylation sites (N-methyl/N-ethyl adjacent to an activating group) is 1. The quantitative estimate of drug-likeness (QED) is 0.536. The van der Waals surface area contributed by atoms with Crippen molar-refractivity contribution in [2.75, 3.05) is 38.8 Å². The number of carbonyl (C=O) groups excluding carboxylic acids is 1. The average Bonchev–Trinajstić information content (AvgIpc) is 2.65. The smallest absolute Gasteiger partial charge is 0.497 e. The van der Waals surface area contributed by atoms with Gasteiger partial charge in [0.15, 0.2) is 0 Å². The van der Waals surface area contributed by atoms with Gasteiger partial charge in [-0.3, -0.25) is 0 Å². The predicted octanol–water partition coefficient (Wildman–Crippen LogP) is 3.75. The van der Waals surface area contributed by atoms with Crippen molar-refractivity contribution in [3.8, 4) is 17.2 Å². The van der Waals surface area contributed by atoms with E-state index in [0.717, 1.165) is 23.7 Å². The number of ether oxygens (including phenoxy) is 4. The van der Waals surface area contributed by atoms with E-state index in [-0.39, 0.29) is 6.61 Å². The van der Waals surface area contributed by atoms with Gasteiger partial charge < -0.3 is 23.8 Å². The molecule has 6 nitrogen and oxygen atoms in total. The molecule has 0 N–H and O–H groups in total. The third-order valence-corrected chi connectivity index (χ3v) is 3.63. The van der Waals surface area contributed by atoms with E-state index in [1.807, 2.05) is 36.1 Å². The molecule has 25 heavy (non-hydrogen) atoms. The Balaban J connectivity index is 1.93. The Bertz CT molecular complexity index is 675. The summed E-state index contributed by atoms with van der Waals surface area (Å²) in [6.45, 7) is 3.44. The molecule has 0 fully saturated rings. The van der Waals surface area contributed by atoms with E-state index in [9.17, 15) is 4.79 Å². The molecule has 0 aliphatic heterocycles. The van der Waals surface area contributed by atoms with Gasteiger partial charge in [0.05, 0.1) is 26.5 Å². The van der Waals surface area contributed by atoms with E-state index in [0.29, 0.717) is 12.3 Å². The molecule has 0 saturated carbocycles. The van der Waals surface area contributed by atoms with Crippen LogP contribution in [-0.4, -0.2) is 40.1 Å². The molecule has 0 spiro atoms. The zero-order chi connectivity index (χ0) is 18.1. The lowest BCUT2D eigenvalue weighted by molar-refractivity contribution is 0.101. The van der Waals surface area contributed by atoms with Crippen molar-refractivity contribution < 1.29 is 23.7 Å². The zero-order valence-corrected chi connectivity index (χ0v) is 14.7. The number of benzene rings is 2. The average molecular weight is 345 g/mol. The second kappa shape index (κ2) is 9.42. The van der Waals surface area contributed by atoms with Gasteiger partial charge in [-0.05, 0) is 31.2 Å². The maximum Gasteiger partial charge on any atom is 0.513 e. The Morgan fingerprint density at radius 2 is 1.76 bits per heavy atom. The van der Waals surface area contributed by atoms with Crippen LogP contribution in [0.3, 0.4) is 0 Å². The molecule has 2 rings (SSSR count). The van der Waals surface area contributed by atoms with Gasteiger partial charge in [0.1, 0.15) is 23.9 Å². The fourth-order valence-corrected chi connectivity index (χ4v) is 2.35. The van der Waals surface area contributed by atoms with Crippen LogP contribution in [0.15, 0.2) is 48.5 Å². The van der Waals surface area contributed by atoms with Crippen molar-refractivity contribution in [2.24, 2.45) is 0 Å². The summed E-state index contributed by atoms with van der Waals surface area (Å²) in [5.41, 5.74) is 0.879. The summed E-state index contributed by atoms with van der Waals surface area (Å²) in [5, 5.41) is 0. The van der Waals surface area contributed by atoms with Gasteiger partial charge in [0, 0.05) is 12.6 Å². The van der Waals surface area contributed by atoms with Crippen LogP contribution in [-0.2, 0) is 4.74 Å². The van der Waals surface area contributed by atoms with Crippen LogP contribution < -0.4 is 19.1 Å². The molecule has 0 aliphatic carbocycles. The number of carbonyl (C=O) groups is 1. The van der Waals surface area contributed by atoms with Crippen LogP contribution in [0, 0.1) is 0 Å². The third kappa shape index (κ3) is 5.31. The van der Waals surface area contributed by atoms with Crippen LogP contribution in [0.1, 0.15) is 6.92 Å². The Morgan fingerprint density at radius 3 is 2.40 bits per heavy atom.